The van der Waals surface area contributed by atoms with Crippen molar-refractivity contribution in [3.8, 4) is 11.8 Å². The van der Waals surface area contributed by atoms with Crippen molar-refractivity contribution in [3.05, 3.63) is 22.1 Å². The quantitative estimate of drug-likeness (QED) is 0.588. The third-order valence-electron chi connectivity index (χ3n) is 1.61. The molecule has 1 aromatic rings. The predicted octanol–water partition coefficient (Wildman–Crippen LogP) is 2.95. The Bertz CT molecular complexity index is 379. The van der Waals surface area contributed by atoms with E-state index in [2.05, 4.69) is 27.8 Å². The highest BCUT2D eigenvalue weighted by Gasteiger charge is 2.12. The second-order valence-corrected chi connectivity index (χ2v) is 3.33. The van der Waals surface area contributed by atoms with E-state index in [4.69, 9.17) is 4.42 Å². The van der Waals surface area contributed by atoms with Gasteiger partial charge in [-0.3, -0.25) is 4.79 Å². The van der Waals surface area contributed by atoms with E-state index < -0.39 is 0 Å². The molecule has 0 aromatic carbocycles. The Morgan fingerprint density at radius 3 is 2.85 bits per heavy atom. The van der Waals surface area contributed by atoms with Gasteiger partial charge < -0.3 is 4.42 Å². The second-order valence-electron chi connectivity index (χ2n) is 2.55. The minimum atomic E-state index is 0.00120. The average Bonchev–Trinajstić information content (AvgIpc) is 2.41. The lowest BCUT2D eigenvalue weighted by molar-refractivity contribution is 0.0996. The van der Waals surface area contributed by atoms with Crippen LogP contribution in [0, 0.1) is 18.8 Å². The fraction of sp³-hybridized carbons (Fsp3) is 0.300. The topological polar surface area (TPSA) is 30.2 Å². The molecule has 1 aromatic heterocycles. The Kier molecular flexibility index (Phi) is 3.32. The van der Waals surface area contributed by atoms with E-state index in [1.807, 2.05) is 0 Å². The Balaban J connectivity index is 2.86. The molecule has 0 aliphatic rings. The standard InChI is InChI=1S/C10H9BrO2/c1-3-4-5-9(12)8-6-10(11)13-7(8)2/h6H,5H2,1-2H3. The molecule has 0 saturated carbocycles. The van der Waals surface area contributed by atoms with Crippen molar-refractivity contribution in [2.24, 2.45) is 0 Å². The molecule has 0 saturated heterocycles. The molecule has 1 rings (SSSR count). The number of halogens is 1. The lowest BCUT2D eigenvalue weighted by atomic mass is 10.1. The van der Waals surface area contributed by atoms with Gasteiger partial charge in [-0.25, -0.2) is 0 Å². The van der Waals surface area contributed by atoms with E-state index >= 15 is 0 Å². The first-order chi connectivity index (χ1) is 6.15. The van der Waals surface area contributed by atoms with Gasteiger partial charge in [0.1, 0.15) is 5.76 Å². The van der Waals surface area contributed by atoms with Gasteiger partial charge in [0.05, 0.1) is 12.0 Å². The lowest BCUT2D eigenvalue weighted by Crippen LogP contribution is -1.96. The van der Waals surface area contributed by atoms with Crippen LogP contribution in [0.15, 0.2) is 15.2 Å². The number of carbonyl (C=O) groups excluding carboxylic acids is 1. The maximum atomic E-state index is 11.5. The smallest absolute Gasteiger partial charge is 0.178 e. The van der Waals surface area contributed by atoms with Crippen LogP contribution in [0.3, 0.4) is 0 Å². The molecule has 1 heterocycles. The van der Waals surface area contributed by atoms with E-state index in [-0.39, 0.29) is 12.2 Å². The zero-order valence-electron chi connectivity index (χ0n) is 7.48. The molecule has 0 aliphatic heterocycles. The number of hydrogen-bond donors (Lipinski definition) is 0. The fourth-order valence-electron chi connectivity index (χ4n) is 0.987. The molecule has 0 amide bonds. The molecule has 0 spiro atoms. The zero-order valence-corrected chi connectivity index (χ0v) is 9.06. The number of Topliss-reactive ketones (excluding diaryl/α,β-unsaturated/α-hetero) is 1. The Morgan fingerprint density at radius 1 is 1.69 bits per heavy atom. The molecule has 68 valence electrons. The number of aryl methyl sites for hydroxylation is 1. The molecule has 0 unspecified atom stereocenters. The number of rotatable bonds is 2. The van der Waals surface area contributed by atoms with E-state index in [1.165, 1.54) is 0 Å². The second kappa shape index (κ2) is 4.29. The third-order valence-corrected chi connectivity index (χ3v) is 2.00. The Labute approximate surface area is 85.4 Å². The molecular weight excluding hydrogens is 232 g/mol. The van der Waals surface area contributed by atoms with E-state index in [0.717, 1.165) is 0 Å². The first-order valence-electron chi connectivity index (χ1n) is 3.84. The van der Waals surface area contributed by atoms with Crippen LogP contribution >= 0.6 is 15.9 Å². The van der Waals surface area contributed by atoms with Crippen molar-refractivity contribution in [2.45, 2.75) is 20.3 Å². The van der Waals surface area contributed by atoms with Gasteiger partial charge in [0.25, 0.3) is 0 Å². The third kappa shape index (κ3) is 2.46. The van der Waals surface area contributed by atoms with Gasteiger partial charge in [0, 0.05) is 6.07 Å². The first-order valence-corrected chi connectivity index (χ1v) is 4.63. The van der Waals surface area contributed by atoms with Crippen LogP contribution in [-0.4, -0.2) is 5.78 Å². The molecule has 13 heavy (non-hydrogen) atoms. The van der Waals surface area contributed by atoms with E-state index in [0.29, 0.717) is 16.0 Å². The molecule has 0 radical (unpaired) electrons. The highest BCUT2D eigenvalue weighted by atomic mass is 79.9. The summed E-state index contributed by atoms with van der Waals surface area (Å²) in [6.45, 7) is 3.47. The van der Waals surface area contributed by atoms with Crippen molar-refractivity contribution in [1.82, 2.24) is 0 Å². The van der Waals surface area contributed by atoms with E-state index in [9.17, 15) is 4.79 Å². The number of carbonyl (C=O) groups is 1. The molecule has 0 atom stereocenters. The average molecular weight is 241 g/mol. The maximum absolute atomic E-state index is 11.5. The van der Waals surface area contributed by atoms with Gasteiger partial charge in [0.2, 0.25) is 0 Å². The summed E-state index contributed by atoms with van der Waals surface area (Å²) >= 11 is 3.16. The summed E-state index contributed by atoms with van der Waals surface area (Å²) in [7, 11) is 0. The predicted molar refractivity (Wildman–Crippen MR) is 53.5 cm³/mol. The Morgan fingerprint density at radius 2 is 2.38 bits per heavy atom. The SMILES string of the molecule is CC#CCC(=O)c1cc(Br)oc1C. The number of furan rings is 1. The van der Waals surface area contributed by atoms with Crippen LogP contribution in [0.4, 0.5) is 0 Å². The van der Waals surface area contributed by atoms with Gasteiger partial charge in [0.15, 0.2) is 10.5 Å². The van der Waals surface area contributed by atoms with Crippen molar-refractivity contribution in [1.29, 1.82) is 0 Å². The summed E-state index contributed by atoms with van der Waals surface area (Å²) < 4.78 is 5.74. The van der Waals surface area contributed by atoms with Crippen LogP contribution in [0.25, 0.3) is 0 Å². The first kappa shape index (κ1) is 10.1. The zero-order chi connectivity index (χ0) is 9.84. The van der Waals surface area contributed by atoms with Crippen molar-refractivity contribution in [2.75, 3.05) is 0 Å². The van der Waals surface area contributed by atoms with Crippen LogP contribution in [-0.2, 0) is 0 Å². The molecule has 0 bridgehead atoms. The van der Waals surface area contributed by atoms with Gasteiger partial charge in [-0.05, 0) is 29.8 Å². The maximum Gasteiger partial charge on any atom is 0.178 e. The molecule has 0 fully saturated rings. The Hall–Kier alpha value is -1.01. The summed E-state index contributed by atoms with van der Waals surface area (Å²) in [4.78, 5) is 11.5. The van der Waals surface area contributed by atoms with Gasteiger partial charge in [-0.1, -0.05) is 5.92 Å². The van der Waals surface area contributed by atoms with Crippen LogP contribution in [0.1, 0.15) is 29.5 Å². The van der Waals surface area contributed by atoms with Gasteiger partial charge in [-0.15, -0.1) is 5.92 Å². The highest BCUT2D eigenvalue weighted by Crippen LogP contribution is 2.20. The molecule has 0 aliphatic carbocycles. The van der Waals surface area contributed by atoms with Crippen LogP contribution in [0.2, 0.25) is 0 Å². The summed E-state index contributed by atoms with van der Waals surface area (Å²) in [6, 6.07) is 1.68. The normalized spacial score (nSPS) is 9.15. The largest absolute Gasteiger partial charge is 0.454 e. The summed E-state index contributed by atoms with van der Waals surface area (Å²) in [5.74, 6) is 6.04. The van der Waals surface area contributed by atoms with Crippen LogP contribution in [0.5, 0.6) is 0 Å². The fourth-order valence-corrected chi connectivity index (χ4v) is 1.46. The summed E-state index contributed by atoms with van der Waals surface area (Å²) in [6.07, 6.45) is 0.253. The van der Waals surface area contributed by atoms with Crippen LogP contribution < -0.4 is 0 Å². The molecule has 0 N–H and O–H groups in total. The van der Waals surface area contributed by atoms with Crippen molar-refractivity contribution >= 4 is 21.7 Å². The lowest BCUT2D eigenvalue weighted by Gasteiger charge is -1.91. The van der Waals surface area contributed by atoms with E-state index in [1.54, 1.807) is 19.9 Å². The monoisotopic (exact) mass is 240 g/mol. The molecule has 3 heteroatoms. The summed E-state index contributed by atoms with van der Waals surface area (Å²) in [5, 5.41) is 0. The number of hydrogen-bond acceptors (Lipinski definition) is 2. The van der Waals surface area contributed by atoms with Gasteiger partial charge >= 0.3 is 0 Å². The number of ketones is 1. The van der Waals surface area contributed by atoms with Gasteiger partial charge in [-0.2, -0.15) is 0 Å². The molecule has 2 nitrogen and oxygen atoms in total. The summed E-state index contributed by atoms with van der Waals surface area (Å²) in [5.41, 5.74) is 0.606. The van der Waals surface area contributed by atoms with Crippen molar-refractivity contribution < 1.29 is 9.21 Å². The highest BCUT2D eigenvalue weighted by molar-refractivity contribution is 9.10. The van der Waals surface area contributed by atoms with Crippen molar-refractivity contribution in [3.63, 3.8) is 0 Å². The minimum absolute atomic E-state index is 0.00120. The molecular formula is C10H9BrO2. The minimum Gasteiger partial charge on any atom is -0.454 e.